The van der Waals surface area contributed by atoms with E-state index in [-0.39, 0.29) is 0 Å². The second kappa shape index (κ2) is 3.25. The molecule has 2 heterocycles. The Morgan fingerprint density at radius 3 is 2.00 bits per heavy atom. The molecule has 2 saturated heterocycles. The molecular formula is C8H16O2Si-. The van der Waals surface area contributed by atoms with Gasteiger partial charge in [0.2, 0.25) is 0 Å². The van der Waals surface area contributed by atoms with Crippen molar-refractivity contribution < 1.29 is 8.85 Å². The van der Waals surface area contributed by atoms with Crippen LogP contribution in [0.25, 0.3) is 0 Å². The zero-order chi connectivity index (χ0) is 7.57. The highest BCUT2D eigenvalue weighted by molar-refractivity contribution is 6.67. The second-order valence-electron chi connectivity index (χ2n) is 3.52. The molecule has 2 aliphatic heterocycles. The van der Waals surface area contributed by atoms with E-state index < -0.39 is 8.56 Å². The first-order valence-corrected chi connectivity index (χ1v) is 6.92. The third kappa shape index (κ3) is 1.66. The van der Waals surface area contributed by atoms with Gasteiger partial charge >= 0.3 is 0 Å². The summed E-state index contributed by atoms with van der Waals surface area (Å²) < 4.78 is 11.6. The fourth-order valence-corrected chi connectivity index (χ4v) is 5.52. The van der Waals surface area contributed by atoms with Crippen LogP contribution >= 0.6 is 0 Å². The monoisotopic (exact) mass is 172 g/mol. The minimum atomic E-state index is -1.57. The lowest BCUT2D eigenvalue weighted by atomic mass is 10.3. The Hall–Kier alpha value is 0.137. The van der Waals surface area contributed by atoms with Crippen molar-refractivity contribution >= 4 is 8.56 Å². The molecule has 0 amide bonds. The van der Waals surface area contributed by atoms with Crippen LogP contribution in [0, 0.1) is 0 Å². The zero-order valence-corrected chi connectivity index (χ0v) is 7.97. The molecule has 0 aromatic carbocycles. The molecule has 65 valence electrons. The van der Waals surface area contributed by atoms with Gasteiger partial charge in [-0.05, 0) is 6.42 Å². The highest BCUT2D eigenvalue weighted by Gasteiger charge is 2.27. The van der Waals surface area contributed by atoms with E-state index in [2.05, 4.69) is 0 Å². The first kappa shape index (κ1) is 7.77. The van der Waals surface area contributed by atoms with Gasteiger partial charge in [-0.25, -0.2) is 0 Å². The topological polar surface area (TPSA) is 18.5 Å². The van der Waals surface area contributed by atoms with Crippen molar-refractivity contribution in [1.29, 1.82) is 0 Å². The van der Waals surface area contributed by atoms with Gasteiger partial charge in [0.15, 0.2) is 0 Å². The molecule has 0 saturated carbocycles. The van der Waals surface area contributed by atoms with Gasteiger partial charge in [-0.15, -0.1) is 12.1 Å². The highest BCUT2D eigenvalue weighted by Crippen LogP contribution is 2.32. The van der Waals surface area contributed by atoms with Crippen molar-refractivity contribution in [2.75, 3.05) is 13.2 Å². The predicted molar refractivity (Wildman–Crippen MR) is 45.7 cm³/mol. The number of hydrogen-bond acceptors (Lipinski definition) is 2. The van der Waals surface area contributed by atoms with Gasteiger partial charge < -0.3 is 8.85 Å². The van der Waals surface area contributed by atoms with E-state index in [4.69, 9.17) is 8.85 Å². The summed E-state index contributed by atoms with van der Waals surface area (Å²) in [5.41, 5.74) is 0. The highest BCUT2D eigenvalue weighted by atomic mass is 28.4. The first-order valence-electron chi connectivity index (χ1n) is 4.69. The lowest BCUT2D eigenvalue weighted by Crippen LogP contribution is -2.47. The van der Waals surface area contributed by atoms with Crippen molar-refractivity contribution in [3.8, 4) is 0 Å². The SMILES string of the molecule is C1CC[Si-]2(CC1)OCCCO2. The molecular weight excluding hydrogens is 156 g/mol. The molecule has 0 aliphatic carbocycles. The standard InChI is InChI=1S/C8H16O2Si/c1-2-7-11(8-3-1)9-5-4-6-10-11/h1-8H2/q-1. The van der Waals surface area contributed by atoms with Gasteiger partial charge in [-0.2, -0.15) is 0 Å². The maximum absolute atomic E-state index is 5.82. The quantitative estimate of drug-likeness (QED) is 0.521. The zero-order valence-electron chi connectivity index (χ0n) is 6.97. The molecule has 0 N–H and O–H groups in total. The van der Waals surface area contributed by atoms with Gasteiger partial charge in [0.05, 0.1) is 0 Å². The molecule has 2 rings (SSSR count). The van der Waals surface area contributed by atoms with E-state index in [0.717, 1.165) is 19.6 Å². The first-order chi connectivity index (χ1) is 5.41. The third-order valence-corrected chi connectivity index (χ3v) is 6.33. The van der Waals surface area contributed by atoms with Gasteiger partial charge in [0, 0.05) is 13.2 Å². The summed E-state index contributed by atoms with van der Waals surface area (Å²) in [7, 11) is -1.57. The van der Waals surface area contributed by atoms with Crippen LogP contribution in [0.3, 0.4) is 0 Å². The molecule has 0 aromatic heterocycles. The smallest absolute Gasteiger partial charge is 0.126 e. The maximum Gasteiger partial charge on any atom is 0.126 e. The summed E-state index contributed by atoms with van der Waals surface area (Å²) in [6, 6.07) is 2.51. The van der Waals surface area contributed by atoms with Crippen LogP contribution in [0.2, 0.25) is 12.1 Å². The summed E-state index contributed by atoms with van der Waals surface area (Å²) >= 11 is 0. The Morgan fingerprint density at radius 2 is 1.36 bits per heavy atom. The molecule has 0 atom stereocenters. The van der Waals surface area contributed by atoms with Gasteiger partial charge in [0.1, 0.15) is 8.56 Å². The minimum Gasteiger partial charge on any atom is -0.545 e. The van der Waals surface area contributed by atoms with Crippen LogP contribution in [0.1, 0.15) is 25.7 Å². The van der Waals surface area contributed by atoms with E-state index in [1.54, 1.807) is 0 Å². The average Bonchev–Trinajstić information content (AvgIpc) is 2.07. The lowest BCUT2D eigenvalue weighted by molar-refractivity contribution is 0.104. The molecule has 0 unspecified atom stereocenters. The molecule has 1 spiro atoms. The summed E-state index contributed by atoms with van der Waals surface area (Å²) in [5.74, 6) is 0. The lowest BCUT2D eigenvalue weighted by Gasteiger charge is -2.49. The van der Waals surface area contributed by atoms with Crippen molar-refractivity contribution in [2.45, 2.75) is 37.8 Å². The summed E-state index contributed by atoms with van der Waals surface area (Å²) in [6.45, 7) is 1.93. The third-order valence-electron chi connectivity index (χ3n) is 2.63. The van der Waals surface area contributed by atoms with Crippen LogP contribution in [0.5, 0.6) is 0 Å². The van der Waals surface area contributed by atoms with Gasteiger partial charge in [-0.1, -0.05) is 19.3 Å². The van der Waals surface area contributed by atoms with E-state index in [1.165, 1.54) is 31.4 Å². The van der Waals surface area contributed by atoms with E-state index in [9.17, 15) is 0 Å². The molecule has 2 nitrogen and oxygen atoms in total. The van der Waals surface area contributed by atoms with Crippen LogP contribution in [-0.2, 0) is 8.85 Å². The minimum absolute atomic E-state index is 0.965. The fraction of sp³-hybridized carbons (Fsp3) is 1.00. The molecule has 2 fully saturated rings. The predicted octanol–water partition coefficient (Wildman–Crippen LogP) is 2.05. The Morgan fingerprint density at radius 1 is 0.727 bits per heavy atom. The number of hydrogen-bond donors (Lipinski definition) is 0. The summed E-state index contributed by atoms with van der Waals surface area (Å²) in [4.78, 5) is 0. The Bertz CT molecular complexity index is 107. The van der Waals surface area contributed by atoms with E-state index >= 15 is 0 Å². The van der Waals surface area contributed by atoms with Crippen molar-refractivity contribution in [3.05, 3.63) is 0 Å². The Kier molecular flexibility index (Phi) is 2.30. The van der Waals surface area contributed by atoms with Crippen LogP contribution < -0.4 is 0 Å². The Balaban J connectivity index is 1.94. The molecule has 0 aromatic rings. The number of rotatable bonds is 0. The van der Waals surface area contributed by atoms with E-state index in [0.29, 0.717) is 0 Å². The van der Waals surface area contributed by atoms with Gasteiger partial charge in [0.25, 0.3) is 0 Å². The van der Waals surface area contributed by atoms with Crippen LogP contribution in [0.15, 0.2) is 0 Å². The van der Waals surface area contributed by atoms with Crippen LogP contribution in [0.4, 0.5) is 0 Å². The Labute approximate surface area is 69.1 Å². The van der Waals surface area contributed by atoms with Crippen molar-refractivity contribution in [1.82, 2.24) is 0 Å². The second-order valence-corrected chi connectivity index (χ2v) is 6.92. The maximum atomic E-state index is 5.82. The molecule has 0 bridgehead atoms. The fourth-order valence-electron chi connectivity index (χ4n) is 2.00. The molecule has 2 aliphatic rings. The largest absolute Gasteiger partial charge is 0.545 e. The molecule has 11 heavy (non-hydrogen) atoms. The average molecular weight is 172 g/mol. The van der Waals surface area contributed by atoms with Gasteiger partial charge in [-0.3, -0.25) is 0 Å². The molecule has 0 radical (unpaired) electrons. The molecule has 3 heteroatoms. The normalized spacial score (nSPS) is 30.5. The van der Waals surface area contributed by atoms with Crippen molar-refractivity contribution in [3.63, 3.8) is 0 Å². The van der Waals surface area contributed by atoms with Crippen molar-refractivity contribution in [2.24, 2.45) is 0 Å². The van der Waals surface area contributed by atoms with E-state index in [1.807, 2.05) is 0 Å². The summed E-state index contributed by atoms with van der Waals surface area (Å²) in [5, 5.41) is 0. The summed E-state index contributed by atoms with van der Waals surface area (Å²) in [6.07, 6.45) is 5.18. The van der Waals surface area contributed by atoms with Crippen LogP contribution in [-0.4, -0.2) is 21.8 Å².